The standard InChI is InChI=1S/C11H20N2O2/c1-11(2,15-4)9(14)5-6-10-12-7-8-13(10)3/h7-9,14H,5-6H2,1-4H3. The lowest BCUT2D eigenvalue weighted by atomic mass is 9.97. The molecule has 1 atom stereocenters. The van der Waals surface area contributed by atoms with Crippen LogP contribution < -0.4 is 0 Å². The van der Waals surface area contributed by atoms with E-state index in [-0.39, 0.29) is 0 Å². The molecule has 1 aromatic rings. The maximum Gasteiger partial charge on any atom is 0.108 e. The van der Waals surface area contributed by atoms with Crippen LogP contribution in [0.3, 0.4) is 0 Å². The van der Waals surface area contributed by atoms with Gasteiger partial charge in [0.05, 0.1) is 11.7 Å². The van der Waals surface area contributed by atoms with Gasteiger partial charge in [0.1, 0.15) is 5.82 Å². The maximum atomic E-state index is 9.90. The third kappa shape index (κ3) is 3.04. The number of hydrogen-bond acceptors (Lipinski definition) is 3. The van der Waals surface area contributed by atoms with Crippen LogP contribution in [0.15, 0.2) is 12.4 Å². The van der Waals surface area contributed by atoms with Gasteiger partial charge >= 0.3 is 0 Å². The van der Waals surface area contributed by atoms with Gasteiger partial charge in [-0.05, 0) is 20.3 Å². The monoisotopic (exact) mass is 212 g/mol. The van der Waals surface area contributed by atoms with Gasteiger partial charge in [-0.2, -0.15) is 0 Å². The van der Waals surface area contributed by atoms with Crippen molar-refractivity contribution in [3.63, 3.8) is 0 Å². The summed E-state index contributed by atoms with van der Waals surface area (Å²) in [6.45, 7) is 3.77. The van der Waals surface area contributed by atoms with Crippen molar-refractivity contribution >= 4 is 0 Å². The molecular formula is C11H20N2O2. The number of nitrogens with zero attached hydrogens (tertiary/aromatic N) is 2. The summed E-state index contributed by atoms with van der Waals surface area (Å²) in [5.41, 5.74) is -0.495. The molecule has 0 aromatic carbocycles. The molecule has 4 nitrogen and oxygen atoms in total. The zero-order chi connectivity index (χ0) is 11.5. The molecule has 86 valence electrons. The van der Waals surface area contributed by atoms with Crippen molar-refractivity contribution in [1.82, 2.24) is 9.55 Å². The van der Waals surface area contributed by atoms with E-state index in [1.165, 1.54) is 0 Å². The second-order valence-electron chi connectivity index (χ2n) is 4.32. The van der Waals surface area contributed by atoms with Crippen molar-refractivity contribution in [2.45, 2.75) is 38.4 Å². The SMILES string of the molecule is COC(C)(C)C(O)CCc1nccn1C. The van der Waals surface area contributed by atoms with Crippen molar-refractivity contribution < 1.29 is 9.84 Å². The third-order valence-electron chi connectivity index (χ3n) is 2.89. The van der Waals surface area contributed by atoms with Gasteiger partial charge in [-0.3, -0.25) is 0 Å². The molecule has 1 aromatic heterocycles. The highest BCUT2D eigenvalue weighted by molar-refractivity contribution is 4.92. The fraction of sp³-hybridized carbons (Fsp3) is 0.727. The highest BCUT2D eigenvalue weighted by Crippen LogP contribution is 2.17. The van der Waals surface area contributed by atoms with Crippen molar-refractivity contribution in [1.29, 1.82) is 0 Å². The molecule has 0 amide bonds. The summed E-state index contributed by atoms with van der Waals surface area (Å²) in [7, 11) is 3.57. The predicted octanol–water partition coefficient (Wildman–Crippen LogP) is 1.14. The Kier molecular flexibility index (Phi) is 3.88. The van der Waals surface area contributed by atoms with Crippen molar-refractivity contribution in [2.24, 2.45) is 7.05 Å². The van der Waals surface area contributed by atoms with Gasteiger partial charge in [0.25, 0.3) is 0 Å². The summed E-state index contributed by atoms with van der Waals surface area (Å²) >= 11 is 0. The summed E-state index contributed by atoms with van der Waals surface area (Å²) in [6.07, 6.45) is 4.62. The van der Waals surface area contributed by atoms with E-state index in [0.717, 1.165) is 12.2 Å². The molecule has 15 heavy (non-hydrogen) atoms. The normalized spacial score (nSPS) is 14.2. The minimum absolute atomic E-state index is 0.473. The number of aryl methyl sites for hydroxylation is 2. The van der Waals surface area contributed by atoms with Gasteiger partial charge in [-0.15, -0.1) is 0 Å². The molecule has 0 radical (unpaired) electrons. The number of aliphatic hydroxyl groups is 1. The van der Waals surface area contributed by atoms with Crippen molar-refractivity contribution in [3.05, 3.63) is 18.2 Å². The van der Waals surface area contributed by atoms with E-state index in [1.807, 2.05) is 31.7 Å². The minimum Gasteiger partial charge on any atom is -0.390 e. The summed E-state index contributed by atoms with van der Waals surface area (Å²) < 4.78 is 7.19. The number of methoxy groups -OCH3 is 1. The van der Waals surface area contributed by atoms with Crippen LogP contribution >= 0.6 is 0 Å². The number of hydrogen-bond donors (Lipinski definition) is 1. The minimum atomic E-state index is -0.495. The zero-order valence-electron chi connectivity index (χ0n) is 9.90. The first-order chi connectivity index (χ1) is 6.97. The molecule has 1 heterocycles. The van der Waals surface area contributed by atoms with Gasteiger partial charge in [-0.25, -0.2) is 4.98 Å². The Balaban J connectivity index is 2.48. The average molecular weight is 212 g/mol. The molecule has 0 spiro atoms. The molecular weight excluding hydrogens is 192 g/mol. The van der Waals surface area contributed by atoms with Gasteiger partial charge in [-0.1, -0.05) is 0 Å². The molecule has 0 fully saturated rings. The number of aliphatic hydroxyl groups excluding tert-OH is 1. The molecule has 1 N–H and O–H groups in total. The number of rotatable bonds is 5. The number of ether oxygens (including phenoxy) is 1. The van der Waals surface area contributed by atoms with E-state index < -0.39 is 11.7 Å². The zero-order valence-corrected chi connectivity index (χ0v) is 9.90. The number of aromatic nitrogens is 2. The second kappa shape index (κ2) is 4.77. The average Bonchev–Trinajstić information content (AvgIpc) is 2.60. The molecule has 0 saturated carbocycles. The lowest BCUT2D eigenvalue weighted by molar-refractivity contribution is -0.0799. The van der Waals surface area contributed by atoms with Crippen LogP contribution in [-0.2, 0) is 18.2 Å². The third-order valence-corrected chi connectivity index (χ3v) is 2.89. The molecule has 0 saturated heterocycles. The van der Waals surface area contributed by atoms with E-state index in [0.29, 0.717) is 6.42 Å². The molecule has 1 unspecified atom stereocenters. The van der Waals surface area contributed by atoms with Gasteiger partial charge in [0.2, 0.25) is 0 Å². The highest BCUT2D eigenvalue weighted by Gasteiger charge is 2.27. The van der Waals surface area contributed by atoms with Gasteiger partial charge in [0, 0.05) is 33.0 Å². The van der Waals surface area contributed by atoms with Crippen molar-refractivity contribution in [3.8, 4) is 0 Å². The number of imidazole rings is 1. The summed E-state index contributed by atoms with van der Waals surface area (Å²) in [4.78, 5) is 4.21. The summed E-state index contributed by atoms with van der Waals surface area (Å²) in [5.74, 6) is 0.987. The molecule has 0 bridgehead atoms. The van der Waals surface area contributed by atoms with Crippen LogP contribution in [-0.4, -0.2) is 33.5 Å². The maximum absolute atomic E-state index is 9.90. The Bertz CT molecular complexity index is 307. The van der Waals surface area contributed by atoms with Crippen LogP contribution in [0, 0.1) is 0 Å². The topological polar surface area (TPSA) is 47.3 Å². The van der Waals surface area contributed by atoms with E-state index in [2.05, 4.69) is 4.98 Å². The van der Waals surface area contributed by atoms with Crippen LogP contribution in [0.25, 0.3) is 0 Å². The Morgan fingerprint density at radius 1 is 1.60 bits per heavy atom. The van der Waals surface area contributed by atoms with E-state index in [9.17, 15) is 5.11 Å². The summed E-state index contributed by atoms with van der Waals surface area (Å²) in [5, 5.41) is 9.90. The first kappa shape index (κ1) is 12.2. The van der Waals surface area contributed by atoms with Gasteiger partial charge < -0.3 is 14.4 Å². The Morgan fingerprint density at radius 3 is 2.73 bits per heavy atom. The first-order valence-corrected chi connectivity index (χ1v) is 5.17. The Labute approximate surface area is 90.9 Å². The van der Waals surface area contributed by atoms with Crippen LogP contribution in [0.4, 0.5) is 0 Å². The summed E-state index contributed by atoms with van der Waals surface area (Å²) in [6, 6.07) is 0. The molecule has 0 aliphatic rings. The Hall–Kier alpha value is -0.870. The van der Waals surface area contributed by atoms with E-state index >= 15 is 0 Å². The van der Waals surface area contributed by atoms with E-state index in [4.69, 9.17) is 4.74 Å². The fourth-order valence-electron chi connectivity index (χ4n) is 1.39. The molecule has 0 aliphatic carbocycles. The second-order valence-corrected chi connectivity index (χ2v) is 4.32. The predicted molar refractivity (Wildman–Crippen MR) is 58.6 cm³/mol. The highest BCUT2D eigenvalue weighted by atomic mass is 16.5. The fourth-order valence-corrected chi connectivity index (χ4v) is 1.39. The van der Waals surface area contributed by atoms with Crippen LogP contribution in [0.1, 0.15) is 26.1 Å². The quantitative estimate of drug-likeness (QED) is 0.796. The molecule has 0 aliphatic heterocycles. The largest absolute Gasteiger partial charge is 0.390 e. The van der Waals surface area contributed by atoms with Gasteiger partial charge in [0.15, 0.2) is 0 Å². The van der Waals surface area contributed by atoms with E-state index in [1.54, 1.807) is 13.3 Å². The molecule has 4 heteroatoms. The molecule has 1 rings (SSSR count). The van der Waals surface area contributed by atoms with Crippen LogP contribution in [0.5, 0.6) is 0 Å². The lowest BCUT2D eigenvalue weighted by Crippen LogP contribution is -2.38. The van der Waals surface area contributed by atoms with Crippen molar-refractivity contribution in [2.75, 3.05) is 7.11 Å². The van der Waals surface area contributed by atoms with Crippen LogP contribution in [0.2, 0.25) is 0 Å². The lowest BCUT2D eigenvalue weighted by Gasteiger charge is -2.28. The first-order valence-electron chi connectivity index (χ1n) is 5.17. The Morgan fingerprint density at radius 2 is 2.27 bits per heavy atom. The smallest absolute Gasteiger partial charge is 0.108 e.